The van der Waals surface area contributed by atoms with E-state index in [1.54, 1.807) is 11.9 Å². The Bertz CT molecular complexity index is 1390. The lowest BCUT2D eigenvalue weighted by Crippen LogP contribution is -2.45. The molecule has 2 atom stereocenters. The van der Waals surface area contributed by atoms with Crippen molar-refractivity contribution in [3.05, 3.63) is 57.7 Å². The summed E-state index contributed by atoms with van der Waals surface area (Å²) in [5, 5.41) is 29.8. The van der Waals surface area contributed by atoms with E-state index in [0.717, 1.165) is 12.1 Å². The number of likely N-dealkylation sites (N-methyl/N-ethyl adjacent to an activating group) is 1. The number of rotatable bonds is 3. The molecule has 0 aliphatic carbocycles. The van der Waals surface area contributed by atoms with E-state index in [1.807, 2.05) is 6.07 Å². The number of benzene rings is 2. The quantitative estimate of drug-likeness (QED) is 0.536. The number of phenolic OH excluding ortho intramolecular Hbond substituents is 2. The van der Waals surface area contributed by atoms with Gasteiger partial charge in [0, 0.05) is 35.7 Å². The van der Waals surface area contributed by atoms with Crippen molar-refractivity contribution in [2.45, 2.75) is 24.6 Å². The Labute approximate surface area is 196 Å². The predicted molar refractivity (Wildman–Crippen MR) is 117 cm³/mol. The van der Waals surface area contributed by atoms with Gasteiger partial charge in [0.2, 0.25) is 0 Å². The highest BCUT2D eigenvalue weighted by atomic mass is 19.4. The van der Waals surface area contributed by atoms with Crippen molar-refractivity contribution in [1.82, 2.24) is 4.90 Å². The molecule has 4 rings (SSSR count). The number of hydrogen-bond acceptors (Lipinski definition) is 8. The summed E-state index contributed by atoms with van der Waals surface area (Å²) < 4.78 is 49.4. The maximum absolute atomic E-state index is 12.9. The second-order valence-corrected chi connectivity index (χ2v) is 8.30. The first-order chi connectivity index (χ1) is 16.5. The van der Waals surface area contributed by atoms with Crippen molar-refractivity contribution in [3.8, 4) is 28.9 Å². The van der Waals surface area contributed by atoms with E-state index in [1.165, 1.54) is 24.3 Å². The molecule has 0 spiro atoms. The summed E-state index contributed by atoms with van der Waals surface area (Å²) >= 11 is 0. The Morgan fingerprint density at radius 1 is 1.20 bits per heavy atom. The summed E-state index contributed by atoms with van der Waals surface area (Å²) in [4.78, 5) is 26.2. The Kier molecular flexibility index (Phi) is 6.17. The van der Waals surface area contributed by atoms with Gasteiger partial charge in [-0.1, -0.05) is 0 Å². The van der Waals surface area contributed by atoms with Gasteiger partial charge in [-0.05, 0) is 44.3 Å². The summed E-state index contributed by atoms with van der Waals surface area (Å²) in [6.07, 6.45) is -6.36. The molecule has 0 bridgehead atoms. The molecule has 1 saturated heterocycles. The number of fused-ring (bicyclic) bond motifs is 1. The van der Waals surface area contributed by atoms with Crippen molar-refractivity contribution >= 4 is 16.9 Å². The van der Waals surface area contributed by atoms with Crippen LogP contribution in [0.25, 0.3) is 22.3 Å². The molecule has 8 nitrogen and oxygen atoms in total. The van der Waals surface area contributed by atoms with Gasteiger partial charge < -0.3 is 24.3 Å². The standard InChI is InChI=1S/C24H19F3N2O6/c1-29-7-6-14(19(11-29)35-23(33)24(25,26)27)20-15(30)8-16(31)21-17(32)9-18(34-22(20)21)13-4-2-12(10-28)3-5-13/h2-5,8-9,14,19,30-31H,6-7,11H2,1H3/t14-,19+/m0/s1. The van der Waals surface area contributed by atoms with Gasteiger partial charge in [0.05, 0.1) is 11.6 Å². The van der Waals surface area contributed by atoms with Gasteiger partial charge in [0.1, 0.15) is 34.3 Å². The SMILES string of the molecule is CN1CC[C@H](c2c(O)cc(O)c3c(=O)cc(-c4ccc(C#N)cc4)oc23)[C@H](OC(=O)C(F)(F)F)C1. The largest absolute Gasteiger partial charge is 0.507 e. The van der Waals surface area contributed by atoms with E-state index < -0.39 is 41.1 Å². The second-order valence-electron chi connectivity index (χ2n) is 8.30. The lowest BCUT2D eigenvalue weighted by molar-refractivity contribution is -0.207. The summed E-state index contributed by atoms with van der Waals surface area (Å²) in [7, 11) is 1.64. The van der Waals surface area contributed by atoms with Crippen molar-refractivity contribution in [3.63, 3.8) is 0 Å². The number of piperidine rings is 1. The molecule has 11 heteroatoms. The van der Waals surface area contributed by atoms with Gasteiger partial charge in [-0.15, -0.1) is 0 Å². The molecular weight excluding hydrogens is 469 g/mol. The topological polar surface area (TPSA) is 124 Å². The molecule has 2 N–H and O–H groups in total. The highest BCUT2D eigenvalue weighted by Crippen LogP contribution is 2.43. The zero-order chi connectivity index (χ0) is 25.5. The van der Waals surface area contributed by atoms with Crippen LogP contribution in [0.3, 0.4) is 0 Å². The molecule has 0 saturated carbocycles. The molecule has 2 aromatic carbocycles. The number of nitriles is 1. The molecule has 35 heavy (non-hydrogen) atoms. The maximum atomic E-state index is 12.9. The zero-order valence-electron chi connectivity index (χ0n) is 18.3. The zero-order valence-corrected chi connectivity index (χ0v) is 18.3. The Balaban J connectivity index is 1.89. The molecule has 3 aromatic rings. The third kappa shape index (κ3) is 4.65. The first-order valence-electron chi connectivity index (χ1n) is 10.5. The smallest absolute Gasteiger partial charge is 0.490 e. The number of carbonyl (C=O) groups is 1. The molecule has 0 radical (unpaired) electrons. The molecule has 1 fully saturated rings. The Morgan fingerprint density at radius 2 is 1.89 bits per heavy atom. The highest BCUT2D eigenvalue weighted by molar-refractivity contribution is 5.90. The molecule has 2 heterocycles. The predicted octanol–water partition coefficient (Wildman–Crippen LogP) is 3.64. The van der Waals surface area contributed by atoms with Crippen molar-refractivity contribution < 1.29 is 37.3 Å². The molecule has 0 amide bonds. The minimum atomic E-state index is -5.21. The molecule has 1 aliphatic heterocycles. The Hall–Kier alpha value is -4.04. The normalized spacial score (nSPS) is 18.8. The summed E-state index contributed by atoms with van der Waals surface area (Å²) in [6, 6.07) is 10.1. The average molecular weight is 488 g/mol. The minimum absolute atomic E-state index is 0.0431. The van der Waals surface area contributed by atoms with E-state index in [0.29, 0.717) is 17.7 Å². The number of aromatic hydroxyl groups is 2. The molecule has 1 aromatic heterocycles. The third-order valence-corrected chi connectivity index (χ3v) is 5.92. The van der Waals surface area contributed by atoms with Crippen LogP contribution in [-0.4, -0.2) is 53.5 Å². The summed E-state index contributed by atoms with van der Waals surface area (Å²) in [5.74, 6) is -4.36. The first-order valence-corrected chi connectivity index (χ1v) is 10.5. The van der Waals surface area contributed by atoms with Gasteiger partial charge in [-0.2, -0.15) is 18.4 Å². The van der Waals surface area contributed by atoms with E-state index >= 15 is 0 Å². The number of nitrogens with zero attached hydrogens (tertiary/aromatic N) is 2. The van der Waals surface area contributed by atoms with Gasteiger partial charge in [-0.3, -0.25) is 4.79 Å². The van der Waals surface area contributed by atoms with E-state index in [-0.39, 0.29) is 35.3 Å². The van der Waals surface area contributed by atoms with E-state index in [9.17, 15) is 33.0 Å². The molecule has 1 aliphatic rings. The number of halogens is 3. The highest BCUT2D eigenvalue weighted by Gasteiger charge is 2.45. The van der Waals surface area contributed by atoms with Crippen LogP contribution in [-0.2, 0) is 9.53 Å². The van der Waals surface area contributed by atoms with Crippen LogP contribution < -0.4 is 5.43 Å². The lowest BCUT2D eigenvalue weighted by Gasteiger charge is -2.36. The first kappa shape index (κ1) is 24.1. The van der Waals surface area contributed by atoms with E-state index in [4.69, 9.17) is 14.4 Å². The van der Waals surface area contributed by atoms with Gasteiger partial charge in [-0.25, -0.2) is 4.79 Å². The van der Waals surface area contributed by atoms with E-state index in [2.05, 4.69) is 0 Å². The fourth-order valence-electron chi connectivity index (χ4n) is 4.26. The average Bonchev–Trinajstić information content (AvgIpc) is 2.79. The second kappa shape index (κ2) is 8.96. The Morgan fingerprint density at radius 3 is 2.51 bits per heavy atom. The molecule has 182 valence electrons. The molecular formula is C24H19F3N2O6. The van der Waals surface area contributed by atoms with Crippen molar-refractivity contribution in [2.24, 2.45) is 0 Å². The fraction of sp³-hybridized carbons (Fsp3) is 0.292. The number of esters is 1. The monoisotopic (exact) mass is 488 g/mol. The van der Waals surface area contributed by atoms with Crippen LogP contribution in [0.1, 0.15) is 23.5 Å². The lowest BCUT2D eigenvalue weighted by atomic mass is 9.85. The summed E-state index contributed by atoms with van der Waals surface area (Å²) in [5.41, 5.74) is -0.134. The van der Waals surface area contributed by atoms with Crippen LogP contribution in [0.2, 0.25) is 0 Å². The summed E-state index contributed by atoms with van der Waals surface area (Å²) in [6.45, 7) is 0.333. The number of ether oxygens (including phenoxy) is 1. The third-order valence-electron chi connectivity index (χ3n) is 5.92. The number of carbonyl (C=O) groups excluding carboxylic acids is 1. The van der Waals surface area contributed by atoms with Crippen LogP contribution in [0, 0.1) is 11.3 Å². The number of phenols is 2. The van der Waals surface area contributed by atoms with Crippen LogP contribution in [0.5, 0.6) is 11.5 Å². The van der Waals surface area contributed by atoms with Crippen LogP contribution in [0.15, 0.2) is 45.6 Å². The number of likely N-dealkylation sites (tertiary alicyclic amines) is 1. The van der Waals surface area contributed by atoms with Crippen molar-refractivity contribution in [2.75, 3.05) is 20.1 Å². The van der Waals surface area contributed by atoms with Gasteiger partial charge in [0.15, 0.2) is 5.43 Å². The van der Waals surface area contributed by atoms with Gasteiger partial charge in [0.25, 0.3) is 0 Å². The number of hydrogen-bond donors (Lipinski definition) is 2. The van der Waals surface area contributed by atoms with Crippen molar-refractivity contribution in [1.29, 1.82) is 5.26 Å². The fourth-order valence-corrected chi connectivity index (χ4v) is 4.26. The number of alkyl halides is 3. The minimum Gasteiger partial charge on any atom is -0.507 e. The molecule has 0 unspecified atom stereocenters. The van der Waals surface area contributed by atoms with Gasteiger partial charge >= 0.3 is 12.1 Å². The maximum Gasteiger partial charge on any atom is 0.490 e. The van der Waals surface area contributed by atoms with Crippen LogP contribution in [0.4, 0.5) is 13.2 Å². The van der Waals surface area contributed by atoms with Crippen LogP contribution >= 0.6 is 0 Å².